The summed E-state index contributed by atoms with van der Waals surface area (Å²) < 4.78 is 5.51. The van der Waals surface area contributed by atoms with Crippen molar-refractivity contribution in [2.75, 3.05) is 7.11 Å². The molecule has 1 aromatic rings. The van der Waals surface area contributed by atoms with Crippen molar-refractivity contribution in [3.05, 3.63) is 29.3 Å². The summed E-state index contributed by atoms with van der Waals surface area (Å²) in [5.41, 5.74) is 9.59. The van der Waals surface area contributed by atoms with Crippen LogP contribution in [0.5, 0.6) is 5.75 Å². The number of aryl methyl sites for hydroxylation is 1. The third-order valence-corrected chi connectivity index (χ3v) is 5.18. The fourth-order valence-electron chi connectivity index (χ4n) is 3.66. The largest absolute Gasteiger partial charge is 0.496 e. The smallest absolute Gasteiger partial charge is 0.122 e. The van der Waals surface area contributed by atoms with Crippen molar-refractivity contribution in [2.45, 2.75) is 65.3 Å². The van der Waals surface area contributed by atoms with Gasteiger partial charge in [-0.2, -0.15) is 0 Å². The lowest BCUT2D eigenvalue weighted by molar-refractivity contribution is 0.133. The van der Waals surface area contributed by atoms with Gasteiger partial charge >= 0.3 is 0 Å². The van der Waals surface area contributed by atoms with Crippen LogP contribution in [-0.2, 0) is 6.42 Å². The summed E-state index contributed by atoms with van der Waals surface area (Å²) in [6, 6.07) is 6.39. The van der Waals surface area contributed by atoms with Crippen LogP contribution < -0.4 is 10.5 Å². The number of rotatable bonds is 3. The van der Waals surface area contributed by atoms with Crippen LogP contribution in [0.3, 0.4) is 0 Å². The van der Waals surface area contributed by atoms with Crippen LogP contribution in [-0.4, -0.2) is 12.6 Å². The summed E-state index contributed by atoms with van der Waals surface area (Å²) in [6.45, 7) is 9.18. The van der Waals surface area contributed by atoms with Gasteiger partial charge in [-0.15, -0.1) is 0 Å². The normalized spacial score (nSPS) is 26.7. The van der Waals surface area contributed by atoms with Crippen LogP contribution in [0.1, 0.15) is 57.6 Å². The van der Waals surface area contributed by atoms with E-state index in [4.69, 9.17) is 10.5 Å². The van der Waals surface area contributed by atoms with Crippen molar-refractivity contribution in [1.29, 1.82) is 0 Å². The predicted octanol–water partition coefficient (Wildman–Crippen LogP) is 4.48. The van der Waals surface area contributed by atoms with E-state index in [1.54, 1.807) is 7.11 Å². The second-order valence-corrected chi connectivity index (χ2v) is 7.99. The Labute approximate surface area is 130 Å². The number of methoxy groups -OCH3 is 1. The van der Waals surface area contributed by atoms with E-state index < -0.39 is 0 Å². The highest BCUT2D eigenvalue weighted by Crippen LogP contribution is 2.42. The number of hydrogen-bond donors (Lipinski definition) is 1. The molecule has 1 saturated carbocycles. The molecule has 0 amide bonds. The minimum absolute atomic E-state index is 0.0666. The van der Waals surface area contributed by atoms with Crippen LogP contribution in [0, 0.1) is 18.3 Å². The molecule has 0 aliphatic heterocycles. The molecule has 0 spiro atoms. The van der Waals surface area contributed by atoms with Crippen molar-refractivity contribution in [2.24, 2.45) is 17.1 Å². The topological polar surface area (TPSA) is 35.2 Å². The first kappa shape index (κ1) is 16.4. The number of hydrogen-bond acceptors (Lipinski definition) is 2. The highest BCUT2D eigenvalue weighted by atomic mass is 16.5. The van der Waals surface area contributed by atoms with E-state index >= 15 is 0 Å². The van der Waals surface area contributed by atoms with Gasteiger partial charge in [0.2, 0.25) is 0 Å². The van der Waals surface area contributed by atoms with Crippen molar-refractivity contribution >= 4 is 0 Å². The van der Waals surface area contributed by atoms with Gasteiger partial charge in [-0.3, -0.25) is 0 Å². The maximum Gasteiger partial charge on any atom is 0.122 e. The molecule has 1 aliphatic carbocycles. The first-order valence-corrected chi connectivity index (χ1v) is 8.16. The van der Waals surface area contributed by atoms with E-state index in [1.165, 1.54) is 24.0 Å². The van der Waals surface area contributed by atoms with Crippen molar-refractivity contribution in [1.82, 2.24) is 0 Å². The fraction of sp³-hybridized carbons (Fsp3) is 0.684. The molecule has 2 N–H and O–H groups in total. The Bertz CT molecular complexity index is 479. The van der Waals surface area contributed by atoms with Crippen LogP contribution >= 0.6 is 0 Å². The maximum atomic E-state index is 6.71. The molecule has 0 radical (unpaired) electrons. The monoisotopic (exact) mass is 289 g/mol. The van der Waals surface area contributed by atoms with Gasteiger partial charge in [-0.25, -0.2) is 0 Å². The molecule has 0 saturated heterocycles. The van der Waals surface area contributed by atoms with Crippen LogP contribution in [0.25, 0.3) is 0 Å². The third kappa shape index (κ3) is 4.00. The summed E-state index contributed by atoms with van der Waals surface area (Å²) >= 11 is 0. The zero-order chi connectivity index (χ0) is 15.7. The number of nitrogens with two attached hydrogens (primary N) is 1. The highest BCUT2D eigenvalue weighted by molar-refractivity contribution is 5.38. The van der Waals surface area contributed by atoms with E-state index in [2.05, 4.69) is 45.9 Å². The van der Waals surface area contributed by atoms with E-state index in [1.807, 2.05) is 0 Å². The lowest BCUT2D eigenvalue weighted by Crippen LogP contribution is -2.46. The maximum absolute atomic E-state index is 6.71. The molecule has 1 aromatic carbocycles. The molecular weight excluding hydrogens is 258 g/mol. The average molecular weight is 289 g/mol. The van der Waals surface area contributed by atoms with E-state index in [9.17, 15) is 0 Å². The lowest BCUT2D eigenvalue weighted by Gasteiger charge is -2.42. The number of ether oxygens (including phenoxy) is 1. The van der Waals surface area contributed by atoms with Gasteiger partial charge in [-0.1, -0.05) is 38.5 Å². The SMILES string of the molecule is COc1ccc(C)cc1CC1(N)CCC(C(C)(C)C)CC1. The first-order valence-electron chi connectivity index (χ1n) is 8.16. The van der Waals surface area contributed by atoms with Gasteiger partial charge in [0.15, 0.2) is 0 Å². The molecule has 0 atom stereocenters. The molecule has 0 aromatic heterocycles. The molecule has 21 heavy (non-hydrogen) atoms. The van der Waals surface area contributed by atoms with Gasteiger partial charge < -0.3 is 10.5 Å². The van der Waals surface area contributed by atoms with E-state index in [0.29, 0.717) is 5.41 Å². The van der Waals surface area contributed by atoms with Crippen molar-refractivity contribution in [3.63, 3.8) is 0 Å². The molecule has 2 nitrogen and oxygen atoms in total. The molecule has 1 fully saturated rings. The fourth-order valence-corrected chi connectivity index (χ4v) is 3.66. The first-order chi connectivity index (χ1) is 9.73. The molecule has 0 heterocycles. The lowest BCUT2D eigenvalue weighted by atomic mass is 9.66. The summed E-state index contributed by atoms with van der Waals surface area (Å²) in [5.74, 6) is 1.77. The quantitative estimate of drug-likeness (QED) is 0.890. The molecule has 1 aliphatic rings. The Balaban J connectivity index is 2.08. The van der Waals surface area contributed by atoms with Gasteiger partial charge in [0.25, 0.3) is 0 Å². The standard InChI is InChI=1S/C19H31NO/c1-14-6-7-17(21-5)15(12-14)13-19(20)10-8-16(9-11-19)18(2,3)4/h6-7,12,16H,8-11,13,20H2,1-5H3. The Morgan fingerprint density at radius 3 is 2.38 bits per heavy atom. The molecular formula is C19H31NO. The Hall–Kier alpha value is -1.02. The van der Waals surface area contributed by atoms with E-state index in [-0.39, 0.29) is 5.54 Å². The second-order valence-electron chi connectivity index (χ2n) is 7.99. The minimum atomic E-state index is -0.0666. The van der Waals surface area contributed by atoms with Gasteiger partial charge in [0.05, 0.1) is 7.11 Å². The van der Waals surface area contributed by atoms with E-state index in [0.717, 1.165) is 30.9 Å². The Morgan fingerprint density at radius 2 is 1.86 bits per heavy atom. The molecule has 2 heteroatoms. The number of benzene rings is 1. The summed E-state index contributed by atoms with van der Waals surface area (Å²) in [6.07, 6.45) is 5.65. The molecule has 0 unspecified atom stereocenters. The summed E-state index contributed by atoms with van der Waals surface area (Å²) in [4.78, 5) is 0. The minimum Gasteiger partial charge on any atom is -0.496 e. The van der Waals surface area contributed by atoms with Crippen molar-refractivity contribution < 1.29 is 4.74 Å². The molecule has 0 bridgehead atoms. The van der Waals surface area contributed by atoms with Crippen LogP contribution in [0.2, 0.25) is 0 Å². The zero-order valence-electron chi connectivity index (χ0n) is 14.3. The average Bonchev–Trinajstić information content (AvgIpc) is 2.38. The Kier molecular flexibility index (Phi) is 4.67. The van der Waals surface area contributed by atoms with Crippen molar-refractivity contribution in [3.8, 4) is 5.75 Å². The Morgan fingerprint density at radius 1 is 1.24 bits per heavy atom. The highest BCUT2D eigenvalue weighted by Gasteiger charge is 2.36. The van der Waals surface area contributed by atoms with Crippen LogP contribution in [0.4, 0.5) is 0 Å². The zero-order valence-corrected chi connectivity index (χ0v) is 14.3. The molecule has 2 rings (SSSR count). The van der Waals surface area contributed by atoms with Gasteiger partial charge in [0.1, 0.15) is 5.75 Å². The predicted molar refractivity (Wildman–Crippen MR) is 89.8 cm³/mol. The van der Waals surface area contributed by atoms with Gasteiger partial charge in [0, 0.05) is 5.54 Å². The van der Waals surface area contributed by atoms with Gasteiger partial charge in [-0.05, 0) is 62.0 Å². The molecule has 118 valence electrons. The summed E-state index contributed by atoms with van der Waals surface area (Å²) in [5, 5.41) is 0. The summed E-state index contributed by atoms with van der Waals surface area (Å²) in [7, 11) is 1.74. The third-order valence-electron chi connectivity index (χ3n) is 5.18. The van der Waals surface area contributed by atoms with Crippen LogP contribution in [0.15, 0.2) is 18.2 Å². The second kappa shape index (κ2) is 6.00.